The van der Waals surface area contributed by atoms with E-state index in [-0.39, 0.29) is 66.1 Å². The molecule has 0 radical (unpaired) electrons. The van der Waals surface area contributed by atoms with Gasteiger partial charge in [-0.1, -0.05) is 54.9 Å². The second-order valence-corrected chi connectivity index (χ2v) is 18.2. The van der Waals surface area contributed by atoms with Crippen LogP contribution >= 0.6 is 11.6 Å². The molecule has 4 aromatic carbocycles. The molecule has 9 rings (SSSR count). The van der Waals surface area contributed by atoms with Gasteiger partial charge in [0.2, 0.25) is 17.7 Å². The van der Waals surface area contributed by atoms with Gasteiger partial charge in [-0.2, -0.15) is 5.10 Å². The Morgan fingerprint density at radius 3 is 2.45 bits per heavy atom. The molecule has 18 heteroatoms. The summed E-state index contributed by atoms with van der Waals surface area (Å²) in [5.74, 6) is -3.10. The number of anilines is 1. The maximum Gasteiger partial charge on any atom is 0.329 e. The number of carbonyl (C=O) groups is 4. The number of likely N-dealkylation sites (tertiary alicyclic amines) is 2. The van der Waals surface area contributed by atoms with Crippen LogP contribution in [0.2, 0.25) is 5.02 Å². The Labute approximate surface area is 391 Å². The van der Waals surface area contributed by atoms with Crippen molar-refractivity contribution in [3.63, 3.8) is 0 Å². The maximum atomic E-state index is 16.4. The second-order valence-electron chi connectivity index (χ2n) is 17.8. The van der Waals surface area contributed by atoms with Gasteiger partial charge in [0, 0.05) is 79.8 Å². The van der Waals surface area contributed by atoms with Crippen molar-refractivity contribution in [1.82, 2.24) is 30.2 Å². The Hall–Kier alpha value is -6.14. The van der Waals surface area contributed by atoms with Gasteiger partial charge in [-0.05, 0) is 80.1 Å². The van der Waals surface area contributed by atoms with Gasteiger partial charge in [0.15, 0.2) is 23.0 Å². The highest BCUT2D eigenvalue weighted by Crippen LogP contribution is 2.56. The predicted octanol–water partition coefficient (Wildman–Crippen LogP) is 5.94. The van der Waals surface area contributed by atoms with Crippen LogP contribution in [0.25, 0.3) is 22.0 Å². The fourth-order valence-electron chi connectivity index (χ4n) is 10.5. The average molecular weight is 939 g/mol. The number of hydrogen-bond acceptors (Lipinski definition) is 10. The number of aliphatic hydroxyl groups is 1. The number of benzene rings is 4. The number of nitrogens with zero attached hydrogens (tertiary/aromatic N) is 5. The van der Waals surface area contributed by atoms with E-state index >= 15 is 8.78 Å². The van der Waals surface area contributed by atoms with Crippen LogP contribution in [0.1, 0.15) is 77.9 Å². The van der Waals surface area contributed by atoms with Crippen LogP contribution in [-0.2, 0) is 22.2 Å². The lowest BCUT2D eigenvalue weighted by molar-refractivity contribution is -0.132. The normalized spacial score (nSPS) is 20.5. The molecule has 0 saturated carbocycles. The van der Waals surface area contributed by atoms with E-state index in [0.717, 1.165) is 61.3 Å². The fraction of sp³-hybridized carbons (Fsp3) is 0.408. The van der Waals surface area contributed by atoms with Crippen LogP contribution in [0, 0.1) is 11.6 Å². The third-order valence-electron chi connectivity index (χ3n) is 14.0. The van der Waals surface area contributed by atoms with Crippen LogP contribution in [0.3, 0.4) is 0 Å². The Morgan fingerprint density at radius 2 is 1.75 bits per heavy atom. The molecular weight excluding hydrogens is 886 g/mol. The number of fused-ring (bicyclic) bond motifs is 2. The highest BCUT2D eigenvalue weighted by Gasteiger charge is 2.50. The van der Waals surface area contributed by atoms with Crippen LogP contribution in [0.15, 0.2) is 66.7 Å². The summed E-state index contributed by atoms with van der Waals surface area (Å²) >= 11 is 6.68. The molecule has 0 spiro atoms. The maximum absolute atomic E-state index is 16.4. The minimum Gasteiger partial charge on any atom is -0.488 e. The monoisotopic (exact) mass is 938 g/mol. The molecule has 5 heterocycles. The van der Waals surface area contributed by atoms with Gasteiger partial charge in [0.25, 0.3) is 0 Å². The average Bonchev–Trinajstić information content (AvgIpc) is 3.81. The third-order valence-corrected chi connectivity index (χ3v) is 14.4. The van der Waals surface area contributed by atoms with E-state index in [1.165, 1.54) is 22.6 Å². The number of aromatic nitrogens is 2. The van der Waals surface area contributed by atoms with E-state index in [1.807, 2.05) is 55.3 Å². The number of aliphatic hydroxyl groups excluding tert-OH is 1. The van der Waals surface area contributed by atoms with Gasteiger partial charge < -0.3 is 35.4 Å². The number of urea groups is 1. The number of rotatable bonds is 13. The molecule has 4 aliphatic rings. The third kappa shape index (κ3) is 8.58. The SMILES string of the molecule is CC1c2c(cc(F)c(Cl)c2-c2c(C(N)=O)ccc(OCCO)c2F)OC1(CNCC(=O)N1CCC(N2CCC(c3ccc4c(N5CCC(=O)NC5=O)nn(C)c4c3)CC2)CC1)c1ccccc1. The fourth-order valence-corrected chi connectivity index (χ4v) is 10.8. The Kier molecular flexibility index (Phi) is 12.9. The van der Waals surface area contributed by atoms with Crippen molar-refractivity contribution in [3.05, 3.63) is 106 Å². The Balaban J connectivity index is 0.841. The summed E-state index contributed by atoms with van der Waals surface area (Å²) in [5, 5.41) is 20.1. The van der Waals surface area contributed by atoms with E-state index in [0.29, 0.717) is 43.0 Å². The van der Waals surface area contributed by atoms with Crippen molar-refractivity contribution in [1.29, 1.82) is 0 Å². The highest BCUT2D eigenvalue weighted by molar-refractivity contribution is 6.34. The zero-order valence-corrected chi connectivity index (χ0v) is 38.1. The van der Waals surface area contributed by atoms with Gasteiger partial charge in [0.05, 0.1) is 29.3 Å². The van der Waals surface area contributed by atoms with Gasteiger partial charge >= 0.3 is 6.03 Å². The molecule has 4 aliphatic heterocycles. The number of halogens is 3. The van der Waals surface area contributed by atoms with Crippen molar-refractivity contribution in [2.45, 2.75) is 62.5 Å². The topological polar surface area (TPSA) is 185 Å². The molecule has 5 aromatic rings. The minimum absolute atomic E-state index is 0.0111. The first kappa shape index (κ1) is 46.0. The molecule has 2 atom stereocenters. The van der Waals surface area contributed by atoms with E-state index in [4.69, 9.17) is 26.8 Å². The van der Waals surface area contributed by atoms with Gasteiger partial charge in [-0.15, -0.1) is 0 Å². The number of nitrogens with two attached hydrogens (primary N) is 1. The van der Waals surface area contributed by atoms with Crippen LogP contribution in [0.4, 0.5) is 19.4 Å². The first-order valence-corrected chi connectivity index (χ1v) is 23.1. The molecule has 0 aliphatic carbocycles. The number of imide groups is 1. The second kappa shape index (κ2) is 18.9. The van der Waals surface area contributed by atoms with E-state index in [2.05, 4.69) is 32.8 Å². The molecule has 15 nitrogen and oxygen atoms in total. The smallest absolute Gasteiger partial charge is 0.329 e. The van der Waals surface area contributed by atoms with E-state index < -0.39 is 46.7 Å². The van der Waals surface area contributed by atoms with Gasteiger partial charge in [-0.25, -0.2) is 13.6 Å². The number of nitrogens with one attached hydrogen (secondary N) is 2. The summed E-state index contributed by atoms with van der Waals surface area (Å²) in [6.07, 6.45) is 3.93. The van der Waals surface area contributed by atoms with Crippen molar-refractivity contribution in [2.24, 2.45) is 12.8 Å². The lowest BCUT2D eigenvalue weighted by Crippen LogP contribution is -2.51. The quantitative estimate of drug-likeness (QED) is 0.110. The Bertz CT molecular complexity index is 2740. The number of piperidine rings is 2. The van der Waals surface area contributed by atoms with Crippen LogP contribution in [0.5, 0.6) is 11.5 Å². The minimum atomic E-state index is -1.22. The van der Waals surface area contributed by atoms with Crippen molar-refractivity contribution in [3.8, 4) is 22.6 Å². The summed E-state index contributed by atoms with van der Waals surface area (Å²) in [5.41, 5.74) is 7.07. The van der Waals surface area contributed by atoms with Crippen molar-refractivity contribution >= 4 is 52.1 Å². The molecule has 5 N–H and O–H groups in total. The van der Waals surface area contributed by atoms with Crippen molar-refractivity contribution < 1.29 is 42.5 Å². The van der Waals surface area contributed by atoms with Crippen molar-refractivity contribution in [2.75, 3.05) is 63.9 Å². The first-order chi connectivity index (χ1) is 32.3. The lowest BCUT2D eigenvalue weighted by Gasteiger charge is -2.42. The zero-order valence-electron chi connectivity index (χ0n) is 37.3. The summed E-state index contributed by atoms with van der Waals surface area (Å²) in [7, 11) is 1.87. The predicted molar refractivity (Wildman–Crippen MR) is 247 cm³/mol. The summed E-state index contributed by atoms with van der Waals surface area (Å²) in [6.45, 7) is 4.76. The summed E-state index contributed by atoms with van der Waals surface area (Å²) in [4.78, 5) is 56.8. The van der Waals surface area contributed by atoms with Gasteiger partial charge in [-0.3, -0.25) is 29.3 Å². The number of ether oxygens (including phenoxy) is 2. The molecule has 1 aromatic heterocycles. The van der Waals surface area contributed by atoms with E-state index in [9.17, 15) is 24.3 Å². The largest absolute Gasteiger partial charge is 0.488 e. The molecule has 5 amide bonds. The standard InChI is InChI=1S/C49H53ClF2N8O7/c1-28-41-38(25-35(51)44(50)43(41)42-34(46(53)64)10-11-37(45(42)52)66-23-22-61)67-49(28,31-6-4-3-5-7-31)27-54-26-40(63)59-19-14-32(15-20-59)58-17-12-29(13-18-58)30-8-9-33-36(24-30)57(2)56-47(33)60-21-16-39(62)55-48(60)65/h3-11,24-25,28-29,32,54,61H,12-23,26-27H2,1-2H3,(H2,53,64)(H,55,62,65). The lowest BCUT2D eigenvalue weighted by atomic mass is 9.77. The first-order valence-electron chi connectivity index (χ1n) is 22.7. The number of carbonyl (C=O) groups excluding carboxylic acids is 4. The molecule has 352 valence electrons. The van der Waals surface area contributed by atoms with E-state index in [1.54, 1.807) is 4.68 Å². The summed E-state index contributed by atoms with van der Waals surface area (Å²) < 4.78 is 46.1. The Morgan fingerprint density at radius 1 is 1.00 bits per heavy atom. The number of amides is 5. The molecule has 3 fully saturated rings. The zero-order chi connectivity index (χ0) is 47.1. The molecular formula is C49H53ClF2N8O7. The number of hydrogen-bond donors (Lipinski definition) is 4. The molecule has 67 heavy (non-hydrogen) atoms. The van der Waals surface area contributed by atoms with Crippen LogP contribution in [-0.4, -0.2) is 114 Å². The number of aryl methyl sites for hydroxylation is 1. The van der Waals surface area contributed by atoms with Gasteiger partial charge in [0.1, 0.15) is 18.2 Å². The molecule has 2 unspecified atom stereocenters. The molecule has 3 saturated heterocycles. The highest BCUT2D eigenvalue weighted by atomic mass is 35.5. The summed E-state index contributed by atoms with van der Waals surface area (Å²) in [6, 6.07) is 19.2. The molecule has 0 bridgehead atoms. The number of primary amides is 1. The van der Waals surface area contributed by atoms with Crippen LogP contribution < -0.4 is 30.7 Å².